The number of thioether (sulfide) groups is 1. The van der Waals surface area contributed by atoms with Gasteiger partial charge in [-0.2, -0.15) is 11.8 Å². The summed E-state index contributed by atoms with van der Waals surface area (Å²) in [5.41, 5.74) is 0. The van der Waals surface area contributed by atoms with Gasteiger partial charge in [0, 0.05) is 37.2 Å². The SMILES string of the molecule is COC1CC(NCCC2CSCCN2)C1. The Bertz CT molecular complexity index is 179. The third-order valence-electron chi connectivity index (χ3n) is 3.35. The van der Waals surface area contributed by atoms with Gasteiger partial charge in [0.05, 0.1) is 6.10 Å². The predicted molar refractivity (Wildman–Crippen MR) is 65.6 cm³/mol. The van der Waals surface area contributed by atoms with Crippen molar-refractivity contribution in [3.63, 3.8) is 0 Å². The lowest BCUT2D eigenvalue weighted by Crippen LogP contribution is -2.47. The van der Waals surface area contributed by atoms with E-state index >= 15 is 0 Å². The van der Waals surface area contributed by atoms with Crippen LogP contribution in [0.25, 0.3) is 0 Å². The van der Waals surface area contributed by atoms with Crippen LogP contribution in [0.2, 0.25) is 0 Å². The van der Waals surface area contributed by atoms with Crippen molar-refractivity contribution in [2.45, 2.75) is 37.5 Å². The second kappa shape index (κ2) is 6.09. The van der Waals surface area contributed by atoms with Gasteiger partial charge in [0.2, 0.25) is 0 Å². The van der Waals surface area contributed by atoms with E-state index in [9.17, 15) is 0 Å². The van der Waals surface area contributed by atoms with Crippen LogP contribution >= 0.6 is 11.8 Å². The van der Waals surface area contributed by atoms with Gasteiger partial charge < -0.3 is 15.4 Å². The van der Waals surface area contributed by atoms with Gasteiger partial charge in [-0.1, -0.05) is 0 Å². The first kappa shape index (κ1) is 11.7. The summed E-state index contributed by atoms with van der Waals surface area (Å²) in [5, 5.41) is 7.16. The van der Waals surface area contributed by atoms with E-state index in [0.29, 0.717) is 12.1 Å². The van der Waals surface area contributed by atoms with Crippen molar-refractivity contribution in [1.29, 1.82) is 0 Å². The minimum atomic E-state index is 0.519. The molecule has 2 rings (SSSR count). The number of nitrogens with one attached hydrogen (secondary N) is 2. The lowest BCUT2D eigenvalue weighted by atomic mass is 9.89. The molecule has 1 unspecified atom stereocenters. The maximum Gasteiger partial charge on any atom is 0.0601 e. The van der Waals surface area contributed by atoms with Crippen molar-refractivity contribution in [1.82, 2.24) is 10.6 Å². The van der Waals surface area contributed by atoms with E-state index in [-0.39, 0.29) is 0 Å². The van der Waals surface area contributed by atoms with E-state index in [2.05, 4.69) is 22.4 Å². The predicted octanol–water partition coefficient (Wildman–Crippen LogP) is 0.848. The molecular formula is C11H22N2OS. The van der Waals surface area contributed by atoms with Crippen molar-refractivity contribution >= 4 is 11.8 Å². The van der Waals surface area contributed by atoms with Crippen molar-refractivity contribution in [3.8, 4) is 0 Å². The van der Waals surface area contributed by atoms with Crippen LogP contribution in [0.15, 0.2) is 0 Å². The summed E-state index contributed by atoms with van der Waals surface area (Å²) in [4.78, 5) is 0. The molecule has 4 heteroatoms. The van der Waals surface area contributed by atoms with E-state index in [1.807, 2.05) is 7.11 Å². The number of methoxy groups -OCH3 is 1. The average molecular weight is 230 g/mol. The highest BCUT2D eigenvalue weighted by atomic mass is 32.2. The third-order valence-corrected chi connectivity index (χ3v) is 4.48. The summed E-state index contributed by atoms with van der Waals surface area (Å²) >= 11 is 2.08. The fraction of sp³-hybridized carbons (Fsp3) is 1.00. The zero-order valence-corrected chi connectivity index (χ0v) is 10.3. The fourth-order valence-corrected chi connectivity index (χ4v) is 3.19. The molecule has 0 aromatic heterocycles. The molecule has 1 saturated carbocycles. The summed E-state index contributed by atoms with van der Waals surface area (Å²) in [7, 11) is 1.81. The highest BCUT2D eigenvalue weighted by Gasteiger charge is 2.28. The molecule has 1 saturated heterocycles. The Morgan fingerprint density at radius 2 is 2.33 bits per heavy atom. The molecule has 0 aromatic carbocycles. The minimum absolute atomic E-state index is 0.519. The standard InChI is InChI=1S/C11H22N2OS/c1-14-11-6-10(7-11)12-3-2-9-8-15-5-4-13-9/h9-13H,2-8H2,1H3. The highest BCUT2D eigenvalue weighted by molar-refractivity contribution is 7.99. The van der Waals surface area contributed by atoms with Crippen LogP contribution in [0.1, 0.15) is 19.3 Å². The normalized spacial score (nSPS) is 36.2. The van der Waals surface area contributed by atoms with Gasteiger partial charge in [-0.15, -0.1) is 0 Å². The molecule has 1 aliphatic carbocycles. The lowest BCUT2D eigenvalue weighted by Gasteiger charge is -2.35. The van der Waals surface area contributed by atoms with Crippen LogP contribution in [-0.4, -0.2) is 49.9 Å². The first-order valence-corrected chi connectivity index (χ1v) is 7.11. The number of hydrogen-bond donors (Lipinski definition) is 2. The largest absolute Gasteiger partial charge is 0.381 e. The van der Waals surface area contributed by atoms with Gasteiger partial charge in [-0.05, 0) is 25.8 Å². The quantitative estimate of drug-likeness (QED) is 0.733. The number of ether oxygens (including phenoxy) is 1. The molecule has 88 valence electrons. The number of hydrogen-bond acceptors (Lipinski definition) is 4. The van der Waals surface area contributed by atoms with Crippen molar-refractivity contribution in [3.05, 3.63) is 0 Å². The van der Waals surface area contributed by atoms with E-state index in [1.54, 1.807) is 0 Å². The third kappa shape index (κ3) is 3.63. The number of rotatable bonds is 5. The minimum Gasteiger partial charge on any atom is -0.381 e. The van der Waals surface area contributed by atoms with Gasteiger partial charge in [0.1, 0.15) is 0 Å². The van der Waals surface area contributed by atoms with E-state index in [4.69, 9.17) is 4.74 Å². The first-order chi connectivity index (χ1) is 7.38. The molecule has 0 bridgehead atoms. The zero-order valence-electron chi connectivity index (χ0n) is 9.50. The van der Waals surface area contributed by atoms with Gasteiger partial charge >= 0.3 is 0 Å². The Balaban J connectivity index is 1.48. The molecule has 2 N–H and O–H groups in total. The molecule has 15 heavy (non-hydrogen) atoms. The summed E-state index contributed by atoms with van der Waals surface area (Å²) in [6.45, 7) is 2.34. The zero-order chi connectivity index (χ0) is 10.5. The van der Waals surface area contributed by atoms with E-state index in [0.717, 1.165) is 12.6 Å². The molecule has 2 fully saturated rings. The Morgan fingerprint density at radius 1 is 1.47 bits per heavy atom. The van der Waals surface area contributed by atoms with Crippen molar-refractivity contribution < 1.29 is 4.74 Å². The topological polar surface area (TPSA) is 33.3 Å². The molecule has 0 aromatic rings. The monoisotopic (exact) mass is 230 g/mol. The maximum atomic E-state index is 5.26. The van der Waals surface area contributed by atoms with Gasteiger partial charge in [0.25, 0.3) is 0 Å². The van der Waals surface area contributed by atoms with Gasteiger partial charge in [-0.3, -0.25) is 0 Å². The van der Waals surface area contributed by atoms with Gasteiger partial charge in [0.15, 0.2) is 0 Å². The van der Waals surface area contributed by atoms with Crippen LogP contribution in [0.3, 0.4) is 0 Å². The molecule has 3 nitrogen and oxygen atoms in total. The Morgan fingerprint density at radius 3 is 3.00 bits per heavy atom. The van der Waals surface area contributed by atoms with Crippen LogP contribution in [0.4, 0.5) is 0 Å². The molecule has 1 atom stereocenters. The van der Waals surface area contributed by atoms with E-state index in [1.165, 1.54) is 37.3 Å². The summed E-state index contributed by atoms with van der Waals surface area (Å²) < 4.78 is 5.26. The summed E-state index contributed by atoms with van der Waals surface area (Å²) in [5.74, 6) is 2.56. The van der Waals surface area contributed by atoms with Crippen LogP contribution < -0.4 is 10.6 Å². The van der Waals surface area contributed by atoms with Crippen molar-refractivity contribution in [2.24, 2.45) is 0 Å². The van der Waals surface area contributed by atoms with Gasteiger partial charge in [-0.25, -0.2) is 0 Å². The first-order valence-electron chi connectivity index (χ1n) is 5.96. The Hall–Kier alpha value is 0.230. The molecule has 1 aliphatic heterocycles. The average Bonchev–Trinajstić information content (AvgIpc) is 2.23. The summed E-state index contributed by atoms with van der Waals surface area (Å²) in [6.07, 6.45) is 4.18. The second-order valence-electron chi connectivity index (χ2n) is 4.49. The molecule has 1 heterocycles. The Kier molecular flexibility index (Phi) is 4.75. The molecule has 2 aliphatic rings. The maximum absolute atomic E-state index is 5.26. The molecule has 0 amide bonds. The Labute approximate surface area is 96.7 Å². The molecule has 0 spiro atoms. The lowest BCUT2D eigenvalue weighted by molar-refractivity contribution is 0.0174. The fourth-order valence-electron chi connectivity index (χ4n) is 2.19. The van der Waals surface area contributed by atoms with Crippen molar-refractivity contribution in [2.75, 3.05) is 31.7 Å². The second-order valence-corrected chi connectivity index (χ2v) is 5.64. The highest BCUT2D eigenvalue weighted by Crippen LogP contribution is 2.22. The van der Waals surface area contributed by atoms with Crippen LogP contribution in [0.5, 0.6) is 0 Å². The van der Waals surface area contributed by atoms with E-state index < -0.39 is 0 Å². The van der Waals surface area contributed by atoms with Crippen LogP contribution in [0, 0.1) is 0 Å². The molecular weight excluding hydrogens is 208 g/mol. The summed E-state index contributed by atoms with van der Waals surface area (Å²) in [6, 6.07) is 1.45. The smallest absolute Gasteiger partial charge is 0.0601 e. The van der Waals surface area contributed by atoms with Crippen LogP contribution in [-0.2, 0) is 4.74 Å². The molecule has 0 radical (unpaired) electrons.